The standard InChI is InChI=1S/C20H20FN3O2/c1-15(25)23-19-8-4-16(5-9-19)10-11-26-20-12-22-24(14-20)13-17-2-6-18(21)7-3-17/h2-9,12,14H,10-11,13H2,1H3,(H,23,25). The van der Waals surface area contributed by atoms with E-state index >= 15 is 0 Å². The van der Waals surface area contributed by atoms with Gasteiger partial charge in [0.05, 0.1) is 25.5 Å². The van der Waals surface area contributed by atoms with Crippen molar-refractivity contribution in [3.63, 3.8) is 0 Å². The Hall–Kier alpha value is -3.15. The number of ether oxygens (including phenoxy) is 1. The summed E-state index contributed by atoms with van der Waals surface area (Å²) in [5.41, 5.74) is 2.88. The van der Waals surface area contributed by atoms with Crippen LogP contribution < -0.4 is 10.1 Å². The molecule has 0 saturated carbocycles. The number of benzene rings is 2. The fourth-order valence-electron chi connectivity index (χ4n) is 2.53. The number of anilines is 1. The van der Waals surface area contributed by atoms with Gasteiger partial charge in [0.1, 0.15) is 5.82 Å². The summed E-state index contributed by atoms with van der Waals surface area (Å²) >= 11 is 0. The minimum absolute atomic E-state index is 0.0845. The van der Waals surface area contributed by atoms with Crippen LogP contribution in [0.3, 0.4) is 0 Å². The lowest BCUT2D eigenvalue weighted by Gasteiger charge is -2.06. The second-order valence-electron chi connectivity index (χ2n) is 5.98. The van der Waals surface area contributed by atoms with Gasteiger partial charge in [-0.05, 0) is 35.4 Å². The summed E-state index contributed by atoms with van der Waals surface area (Å²) in [7, 11) is 0. The van der Waals surface area contributed by atoms with Crippen LogP contribution in [0.4, 0.5) is 10.1 Å². The highest BCUT2D eigenvalue weighted by Crippen LogP contribution is 2.13. The van der Waals surface area contributed by atoms with Crippen molar-refractivity contribution < 1.29 is 13.9 Å². The second-order valence-corrected chi connectivity index (χ2v) is 5.98. The van der Waals surface area contributed by atoms with E-state index in [0.717, 1.165) is 23.2 Å². The molecule has 0 unspecified atom stereocenters. The fourth-order valence-corrected chi connectivity index (χ4v) is 2.53. The molecule has 6 heteroatoms. The van der Waals surface area contributed by atoms with Crippen LogP contribution >= 0.6 is 0 Å². The number of aromatic nitrogens is 2. The highest BCUT2D eigenvalue weighted by atomic mass is 19.1. The predicted octanol–water partition coefficient (Wildman–Crippen LogP) is 3.65. The maximum atomic E-state index is 12.9. The van der Waals surface area contributed by atoms with E-state index in [4.69, 9.17) is 4.74 Å². The van der Waals surface area contributed by atoms with E-state index in [2.05, 4.69) is 10.4 Å². The number of nitrogens with one attached hydrogen (secondary N) is 1. The first-order valence-electron chi connectivity index (χ1n) is 8.35. The van der Waals surface area contributed by atoms with Crippen LogP contribution in [0, 0.1) is 5.82 Å². The third-order valence-corrected chi connectivity index (χ3v) is 3.80. The molecule has 1 heterocycles. The number of carbonyl (C=O) groups is 1. The molecule has 0 radical (unpaired) electrons. The fraction of sp³-hybridized carbons (Fsp3) is 0.200. The van der Waals surface area contributed by atoms with Gasteiger partial charge in [0.15, 0.2) is 5.75 Å². The van der Waals surface area contributed by atoms with Crippen LogP contribution in [-0.2, 0) is 17.8 Å². The lowest BCUT2D eigenvalue weighted by molar-refractivity contribution is -0.114. The largest absolute Gasteiger partial charge is 0.490 e. The Morgan fingerprint density at radius 1 is 1.12 bits per heavy atom. The van der Waals surface area contributed by atoms with Crippen LogP contribution in [0.25, 0.3) is 0 Å². The summed E-state index contributed by atoms with van der Waals surface area (Å²) in [5.74, 6) is 0.365. The van der Waals surface area contributed by atoms with Crippen LogP contribution in [0.5, 0.6) is 5.75 Å². The number of amides is 1. The molecule has 0 spiro atoms. The average molecular weight is 353 g/mol. The van der Waals surface area contributed by atoms with Crippen molar-refractivity contribution in [2.45, 2.75) is 19.9 Å². The summed E-state index contributed by atoms with van der Waals surface area (Å²) in [6, 6.07) is 14.0. The van der Waals surface area contributed by atoms with E-state index in [-0.39, 0.29) is 11.7 Å². The van der Waals surface area contributed by atoms with E-state index in [1.54, 1.807) is 23.0 Å². The molecule has 0 fully saturated rings. The Balaban J connectivity index is 1.47. The van der Waals surface area contributed by atoms with Crippen molar-refractivity contribution in [2.24, 2.45) is 0 Å². The number of nitrogens with zero attached hydrogens (tertiary/aromatic N) is 2. The maximum Gasteiger partial charge on any atom is 0.221 e. The summed E-state index contributed by atoms with van der Waals surface area (Å²) in [5, 5.41) is 6.99. The summed E-state index contributed by atoms with van der Waals surface area (Å²) in [4.78, 5) is 11.0. The van der Waals surface area contributed by atoms with E-state index < -0.39 is 0 Å². The summed E-state index contributed by atoms with van der Waals surface area (Å²) in [6.45, 7) is 2.58. The topological polar surface area (TPSA) is 56.1 Å². The van der Waals surface area contributed by atoms with Gasteiger partial charge >= 0.3 is 0 Å². The molecule has 3 aromatic rings. The van der Waals surface area contributed by atoms with E-state index in [9.17, 15) is 9.18 Å². The Labute approximate surface area is 151 Å². The van der Waals surface area contributed by atoms with Gasteiger partial charge in [0, 0.05) is 19.0 Å². The molecular weight excluding hydrogens is 333 g/mol. The van der Waals surface area contributed by atoms with Crippen LogP contribution in [0.15, 0.2) is 60.9 Å². The number of hydrogen-bond acceptors (Lipinski definition) is 3. The lowest BCUT2D eigenvalue weighted by Crippen LogP contribution is -2.06. The first kappa shape index (κ1) is 17.7. The van der Waals surface area contributed by atoms with Gasteiger partial charge in [-0.3, -0.25) is 9.48 Å². The number of halogens is 1. The molecule has 5 nitrogen and oxygen atoms in total. The first-order valence-corrected chi connectivity index (χ1v) is 8.35. The zero-order valence-electron chi connectivity index (χ0n) is 14.5. The number of carbonyl (C=O) groups excluding carboxylic acids is 1. The van der Waals surface area contributed by atoms with Crippen molar-refractivity contribution in [3.8, 4) is 5.75 Å². The summed E-state index contributed by atoms with van der Waals surface area (Å²) < 4.78 is 20.4. The van der Waals surface area contributed by atoms with Gasteiger partial charge in [0.2, 0.25) is 5.91 Å². The molecule has 0 saturated heterocycles. The van der Waals surface area contributed by atoms with Gasteiger partial charge in [-0.25, -0.2) is 4.39 Å². The molecule has 1 N–H and O–H groups in total. The zero-order valence-corrected chi connectivity index (χ0v) is 14.5. The van der Waals surface area contributed by atoms with E-state index in [0.29, 0.717) is 18.9 Å². The van der Waals surface area contributed by atoms with Crippen LogP contribution in [-0.4, -0.2) is 22.3 Å². The Kier molecular flexibility index (Phi) is 5.63. The third-order valence-electron chi connectivity index (χ3n) is 3.80. The normalized spacial score (nSPS) is 10.5. The Morgan fingerprint density at radius 3 is 2.50 bits per heavy atom. The van der Waals surface area contributed by atoms with Gasteiger partial charge in [0.25, 0.3) is 0 Å². The molecule has 0 aliphatic carbocycles. The molecule has 2 aromatic carbocycles. The molecule has 3 rings (SSSR count). The molecule has 0 bridgehead atoms. The minimum Gasteiger partial charge on any atom is -0.490 e. The Bertz CT molecular complexity index is 858. The van der Waals surface area contributed by atoms with Crippen LogP contribution in [0.1, 0.15) is 18.1 Å². The van der Waals surface area contributed by atoms with Crippen molar-refractivity contribution in [1.82, 2.24) is 9.78 Å². The highest BCUT2D eigenvalue weighted by Gasteiger charge is 2.02. The van der Waals surface area contributed by atoms with Crippen molar-refractivity contribution in [1.29, 1.82) is 0 Å². The van der Waals surface area contributed by atoms with Gasteiger partial charge in [-0.2, -0.15) is 5.10 Å². The quantitative estimate of drug-likeness (QED) is 0.705. The second kappa shape index (κ2) is 8.29. The molecule has 1 aromatic heterocycles. The van der Waals surface area contributed by atoms with Crippen molar-refractivity contribution in [2.75, 3.05) is 11.9 Å². The summed E-state index contributed by atoms with van der Waals surface area (Å²) in [6.07, 6.45) is 4.25. The molecule has 0 aliphatic heterocycles. The van der Waals surface area contributed by atoms with Crippen molar-refractivity contribution in [3.05, 3.63) is 77.9 Å². The molecule has 26 heavy (non-hydrogen) atoms. The maximum absolute atomic E-state index is 12.9. The molecule has 134 valence electrons. The zero-order chi connectivity index (χ0) is 18.4. The molecule has 0 aliphatic rings. The monoisotopic (exact) mass is 353 g/mol. The smallest absolute Gasteiger partial charge is 0.221 e. The predicted molar refractivity (Wildman–Crippen MR) is 97.7 cm³/mol. The van der Waals surface area contributed by atoms with E-state index in [1.807, 2.05) is 30.5 Å². The Morgan fingerprint density at radius 2 is 1.81 bits per heavy atom. The third kappa shape index (κ3) is 5.17. The average Bonchev–Trinajstić information content (AvgIpc) is 3.05. The van der Waals surface area contributed by atoms with Gasteiger partial charge in [-0.1, -0.05) is 24.3 Å². The van der Waals surface area contributed by atoms with Crippen molar-refractivity contribution >= 4 is 11.6 Å². The SMILES string of the molecule is CC(=O)Nc1ccc(CCOc2cnn(Cc3ccc(F)cc3)c2)cc1. The van der Waals surface area contributed by atoms with Crippen LogP contribution in [0.2, 0.25) is 0 Å². The van der Waals surface area contributed by atoms with Gasteiger partial charge < -0.3 is 10.1 Å². The van der Waals surface area contributed by atoms with Gasteiger partial charge in [-0.15, -0.1) is 0 Å². The van der Waals surface area contributed by atoms with E-state index in [1.165, 1.54) is 19.1 Å². The molecular formula is C20H20FN3O2. The molecule has 0 atom stereocenters. The molecule has 1 amide bonds. The first-order chi connectivity index (χ1) is 12.6. The number of rotatable bonds is 7. The lowest BCUT2D eigenvalue weighted by atomic mass is 10.1. The minimum atomic E-state index is -0.247. The highest BCUT2D eigenvalue weighted by molar-refractivity contribution is 5.88. The number of hydrogen-bond donors (Lipinski definition) is 1.